The van der Waals surface area contributed by atoms with Crippen molar-refractivity contribution in [1.82, 2.24) is 10.2 Å². The fourth-order valence-corrected chi connectivity index (χ4v) is 3.12. The summed E-state index contributed by atoms with van der Waals surface area (Å²) < 4.78 is 10.6. The Balaban J connectivity index is 1.39. The van der Waals surface area contributed by atoms with Crippen LogP contribution in [0.4, 0.5) is 0 Å². The monoisotopic (exact) mass is 338 g/mol. The third kappa shape index (κ3) is 2.80. The van der Waals surface area contributed by atoms with E-state index in [2.05, 4.69) is 5.32 Å². The van der Waals surface area contributed by atoms with Gasteiger partial charge in [0.25, 0.3) is 5.91 Å². The largest absolute Gasteiger partial charge is 0.454 e. The van der Waals surface area contributed by atoms with Crippen molar-refractivity contribution >= 4 is 11.8 Å². The molecule has 2 aromatic rings. The predicted molar refractivity (Wildman–Crippen MR) is 90.2 cm³/mol. The summed E-state index contributed by atoms with van der Waals surface area (Å²) in [4.78, 5) is 26.5. The first-order valence-electron chi connectivity index (χ1n) is 8.18. The Kier molecular flexibility index (Phi) is 3.80. The van der Waals surface area contributed by atoms with Gasteiger partial charge in [-0.05, 0) is 36.2 Å². The number of fused-ring (bicyclic) bond motifs is 2. The van der Waals surface area contributed by atoms with Gasteiger partial charge in [-0.25, -0.2) is 0 Å². The van der Waals surface area contributed by atoms with Crippen LogP contribution in [0.15, 0.2) is 42.5 Å². The molecule has 0 saturated carbocycles. The molecular formula is C19H18N2O4. The fraction of sp³-hybridized carbons (Fsp3) is 0.263. The van der Waals surface area contributed by atoms with Crippen molar-refractivity contribution in [3.8, 4) is 11.5 Å². The van der Waals surface area contributed by atoms with E-state index < -0.39 is 6.04 Å². The Morgan fingerprint density at radius 2 is 2.00 bits per heavy atom. The number of nitrogens with zero attached hydrogens (tertiary/aromatic N) is 1. The molecule has 0 bridgehead atoms. The number of ether oxygens (including phenoxy) is 2. The number of amides is 2. The molecule has 0 aromatic heterocycles. The van der Waals surface area contributed by atoms with Crippen LogP contribution >= 0.6 is 0 Å². The molecule has 2 aliphatic heterocycles. The van der Waals surface area contributed by atoms with E-state index in [0.29, 0.717) is 30.2 Å². The third-order valence-corrected chi connectivity index (χ3v) is 4.60. The minimum atomic E-state index is -0.533. The molecule has 2 aliphatic rings. The van der Waals surface area contributed by atoms with Crippen molar-refractivity contribution in [2.75, 3.05) is 6.79 Å². The molecule has 1 N–H and O–H groups in total. The van der Waals surface area contributed by atoms with Gasteiger partial charge in [-0.1, -0.05) is 24.3 Å². The summed E-state index contributed by atoms with van der Waals surface area (Å²) in [6.07, 6.45) is 0. The number of carbonyl (C=O) groups is 2. The number of hydrogen-bond acceptors (Lipinski definition) is 4. The lowest BCUT2D eigenvalue weighted by atomic mass is 10.1. The lowest BCUT2D eigenvalue weighted by Gasteiger charge is -2.23. The second-order valence-electron chi connectivity index (χ2n) is 6.17. The van der Waals surface area contributed by atoms with E-state index in [1.807, 2.05) is 36.4 Å². The van der Waals surface area contributed by atoms with E-state index >= 15 is 0 Å². The van der Waals surface area contributed by atoms with Gasteiger partial charge in [0.15, 0.2) is 11.5 Å². The van der Waals surface area contributed by atoms with Crippen molar-refractivity contribution in [3.05, 3.63) is 59.2 Å². The van der Waals surface area contributed by atoms with Crippen LogP contribution in [0, 0.1) is 0 Å². The standard InChI is InChI=1S/C19H18N2O4/c1-12(21-10-14-4-2-3-5-15(14)19(21)23)18(22)20-9-13-6-7-16-17(8-13)25-11-24-16/h2-8,12H,9-11H2,1H3,(H,20,22)/t12-/m0/s1. The number of carbonyl (C=O) groups excluding carboxylic acids is 2. The van der Waals surface area contributed by atoms with Crippen LogP contribution < -0.4 is 14.8 Å². The zero-order valence-electron chi connectivity index (χ0n) is 13.8. The molecule has 6 nitrogen and oxygen atoms in total. The van der Waals surface area contributed by atoms with E-state index in [-0.39, 0.29) is 18.6 Å². The highest BCUT2D eigenvalue weighted by molar-refractivity contribution is 6.01. The molecule has 4 rings (SSSR count). The van der Waals surface area contributed by atoms with E-state index in [1.54, 1.807) is 17.9 Å². The van der Waals surface area contributed by atoms with Gasteiger partial charge in [0.2, 0.25) is 12.7 Å². The lowest BCUT2D eigenvalue weighted by molar-refractivity contribution is -0.125. The molecule has 128 valence electrons. The van der Waals surface area contributed by atoms with Crippen LogP contribution in [0.5, 0.6) is 11.5 Å². The molecule has 6 heteroatoms. The molecule has 25 heavy (non-hydrogen) atoms. The number of nitrogens with one attached hydrogen (secondary N) is 1. The molecule has 1 atom stereocenters. The van der Waals surface area contributed by atoms with Gasteiger partial charge >= 0.3 is 0 Å². The van der Waals surface area contributed by atoms with Crippen molar-refractivity contribution in [2.45, 2.75) is 26.1 Å². The minimum Gasteiger partial charge on any atom is -0.454 e. The Morgan fingerprint density at radius 1 is 1.20 bits per heavy atom. The summed E-state index contributed by atoms with van der Waals surface area (Å²) in [7, 11) is 0. The summed E-state index contributed by atoms with van der Waals surface area (Å²) >= 11 is 0. The van der Waals surface area contributed by atoms with E-state index in [0.717, 1.165) is 11.1 Å². The van der Waals surface area contributed by atoms with Gasteiger partial charge in [0, 0.05) is 18.7 Å². The zero-order chi connectivity index (χ0) is 17.4. The highest BCUT2D eigenvalue weighted by atomic mass is 16.7. The Hall–Kier alpha value is -3.02. The summed E-state index contributed by atoms with van der Waals surface area (Å²) in [5.41, 5.74) is 2.56. The molecule has 2 aromatic carbocycles. The maximum absolute atomic E-state index is 12.5. The smallest absolute Gasteiger partial charge is 0.255 e. The van der Waals surface area contributed by atoms with E-state index in [9.17, 15) is 9.59 Å². The SMILES string of the molecule is C[C@@H](C(=O)NCc1ccc2c(c1)OCO2)N1Cc2ccccc2C1=O. The average molecular weight is 338 g/mol. The Bertz CT molecular complexity index is 849. The quantitative estimate of drug-likeness (QED) is 0.927. The van der Waals surface area contributed by atoms with Gasteiger partial charge in [-0.15, -0.1) is 0 Å². The van der Waals surface area contributed by atoms with Crippen LogP contribution in [0.3, 0.4) is 0 Å². The maximum Gasteiger partial charge on any atom is 0.255 e. The summed E-state index contributed by atoms with van der Waals surface area (Å²) in [6, 6.07) is 12.5. The van der Waals surface area contributed by atoms with Gasteiger partial charge < -0.3 is 19.7 Å². The van der Waals surface area contributed by atoms with Gasteiger partial charge in [0.1, 0.15) is 6.04 Å². The Labute approximate surface area is 145 Å². The van der Waals surface area contributed by atoms with Crippen molar-refractivity contribution in [2.24, 2.45) is 0 Å². The third-order valence-electron chi connectivity index (χ3n) is 4.60. The first-order valence-corrected chi connectivity index (χ1v) is 8.18. The molecule has 2 amide bonds. The number of rotatable bonds is 4. The second kappa shape index (κ2) is 6.12. The molecule has 0 saturated heterocycles. The highest BCUT2D eigenvalue weighted by Crippen LogP contribution is 2.32. The summed E-state index contributed by atoms with van der Waals surface area (Å²) in [5, 5.41) is 2.88. The van der Waals surface area contributed by atoms with Crippen LogP contribution in [-0.4, -0.2) is 29.5 Å². The Morgan fingerprint density at radius 3 is 2.84 bits per heavy atom. The van der Waals surface area contributed by atoms with E-state index in [4.69, 9.17) is 9.47 Å². The van der Waals surface area contributed by atoms with E-state index in [1.165, 1.54) is 0 Å². The molecule has 0 spiro atoms. The molecule has 0 unspecified atom stereocenters. The zero-order valence-corrected chi connectivity index (χ0v) is 13.8. The molecular weight excluding hydrogens is 320 g/mol. The predicted octanol–water partition coefficient (Wildman–Crippen LogP) is 2.08. The van der Waals surface area contributed by atoms with Crippen LogP contribution in [0.1, 0.15) is 28.4 Å². The van der Waals surface area contributed by atoms with Gasteiger partial charge in [-0.2, -0.15) is 0 Å². The maximum atomic E-state index is 12.5. The minimum absolute atomic E-state index is 0.0960. The fourth-order valence-electron chi connectivity index (χ4n) is 3.12. The highest BCUT2D eigenvalue weighted by Gasteiger charge is 2.33. The van der Waals surface area contributed by atoms with Crippen LogP contribution in [0.25, 0.3) is 0 Å². The number of hydrogen-bond donors (Lipinski definition) is 1. The average Bonchev–Trinajstić information content (AvgIpc) is 3.23. The molecule has 0 fully saturated rings. The molecule has 0 aliphatic carbocycles. The van der Waals surface area contributed by atoms with Crippen molar-refractivity contribution in [3.63, 3.8) is 0 Å². The van der Waals surface area contributed by atoms with Gasteiger partial charge in [0.05, 0.1) is 0 Å². The lowest BCUT2D eigenvalue weighted by Crippen LogP contribution is -2.45. The van der Waals surface area contributed by atoms with Crippen LogP contribution in [0.2, 0.25) is 0 Å². The second-order valence-corrected chi connectivity index (χ2v) is 6.17. The summed E-state index contributed by atoms with van der Waals surface area (Å²) in [6.45, 7) is 2.81. The first-order chi connectivity index (χ1) is 12.1. The van der Waals surface area contributed by atoms with Crippen LogP contribution in [-0.2, 0) is 17.9 Å². The first kappa shape index (κ1) is 15.5. The molecule has 0 radical (unpaired) electrons. The van der Waals surface area contributed by atoms with Gasteiger partial charge in [-0.3, -0.25) is 9.59 Å². The van der Waals surface area contributed by atoms with Crippen molar-refractivity contribution < 1.29 is 19.1 Å². The molecule has 2 heterocycles. The topological polar surface area (TPSA) is 67.9 Å². The van der Waals surface area contributed by atoms with Crippen molar-refractivity contribution in [1.29, 1.82) is 0 Å². The number of benzene rings is 2. The summed E-state index contributed by atoms with van der Waals surface area (Å²) in [5.74, 6) is 1.12. The normalized spacial score (nSPS) is 15.9.